The topological polar surface area (TPSA) is 99.0 Å². The zero-order chi connectivity index (χ0) is 22.5. The van der Waals surface area contributed by atoms with Crippen molar-refractivity contribution in [2.45, 2.75) is 59.1 Å². The molecule has 0 amide bonds. The fourth-order valence-electron chi connectivity index (χ4n) is 3.76. The third kappa shape index (κ3) is 4.62. The minimum Gasteiger partial charge on any atom is -0.457 e. The lowest BCUT2D eigenvalue weighted by Gasteiger charge is -2.21. The Kier molecular flexibility index (Phi) is 7.09. The predicted octanol–water partition coefficient (Wildman–Crippen LogP) is 3.10. The van der Waals surface area contributed by atoms with Crippen LogP contribution in [0.4, 0.5) is 0 Å². The number of nitrogens with one attached hydrogen (secondary N) is 1. The summed E-state index contributed by atoms with van der Waals surface area (Å²) in [6.45, 7) is 6.48. The molecule has 1 N–H and O–H groups in total. The van der Waals surface area contributed by atoms with Crippen molar-refractivity contribution in [1.29, 1.82) is 0 Å². The molecule has 0 aliphatic heterocycles. The summed E-state index contributed by atoms with van der Waals surface area (Å²) in [5.74, 6) is -0.185. The van der Waals surface area contributed by atoms with E-state index in [1.165, 1.54) is 4.57 Å². The molecule has 3 rings (SSSR count). The van der Waals surface area contributed by atoms with Crippen LogP contribution in [0.1, 0.15) is 57.3 Å². The van der Waals surface area contributed by atoms with Crippen LogP contribution in [0.2, 0.25) is 0 Å². The molecule has 0 saturated heterocycles. The van der Waals surface area contributed by atoms with Crippen LogP contribution in [0.25, 0.3) is 11.2 Å². The van der Waals surface area contributed by atoms with E-state index in [4.69, 9.17) is 4.74 Å². The SMILES string of the molecule is CCCCn1c(=O)[nH]c(=O)c2c1nc(COC(=O)[C@@H](c1ccccc1)[C@H](C)CC)n2C. The molecule has 3 aromatic rings. The molecule has 0 aliphatic rings. The Morgan fingerprint density at radius 1 is 1.19 bits per heavy atom. The Morgan fingerprint density at radius 2 is 1.90 bits per heavy atom. The Balaban J connectivity index is 1.90. The summed E-state index contributed by atoms with van der Waals surface area (Å²) in [4.78, 5) is 44.5. The number of imidazole rings is 1. The summed E-state index contributed by atoms with van der Waals surface area (Å²) in [7, 11) is 1.69. The van der Waals surface area contributed by atoms with Gasteiger partial charge in [0.05, 0.1) is 5.92 Å². The highest BCUT2D eigenvalue weighted by atomic mass is 16.5. The third-order valence-electron chi connectivity index (χ3n) is 5.81. The lowest BCUT2D eigenvalue weighted by Crippen LogP contribution is -2.31. The van der Waals surface area contributed by atoms with E-state index in [1.54, 1.807) is 11.6 Å². The maximum absolute atomic E-state index is 13.0. The van der Waals surface area contributed by atoms with Crippen LogP contribution >= 0.6 is 0 Å². The van der Waals surface area contributed by atoms with Gasteiger partial charge in [0.1, 0.15) is 12.4 Å². The molecule has 1 aromatic carbocycles. The van der Waals surface area contributed by atoms with E-state index in [-0.39, 0.29) is 24.4 Å². The Hall–Kier alpha value is -3.16. The van der Waals surface area contributed by atoms with Crippen molar-refractivity contribution in [2.24, 2.45) is 13.0 Å². The van der Waals surface area contributed by atoms with Crippen LogP contribution in [-0.4, -0.2) is 25.1 Å². The minimum atomic E-state index is -0.498. The number of aryl methyl sites for hydroxylation is 2. The number of carbonyl (C=O) groups excluding carboxylic acids is 1. The summed E-state index contributed by atoms with van der Waals surface area (Å²) < 4.78 is 8.70. The van der Waals surface area contributed by atoms with Crippen molar-refractivity contribution in [3.8, 4) is 0 Å². The van der Waals surface area contributed by atoms with Gasteiger partial charge in [-0.1, -0.05) is 63.9 Å². The maximum atomic E-state index is 13.0. The van der Waals surface area contributed by atoms with E-state index in [0.29, 0.717) is 23.5 Å². The molecule has 0 radical (unpaired) electrons. The van der Waals surface area contributed by atoms with Crippen molar-refractivity contribution in [3.63, 3.8) is 0 Å². The van der Waals surface area contributed by atoms with Crippen LogP contribution in [0.5, 0.6) is 0 Å². The molecule has 166 valence electrons. The van der Waals surface area contributed by atoms with Gasteiger partial charge in [0.25, 0.3) is 5.56 Å². The number of benzene rings is 1. The van der Waals surface area contributed by atoms with Gasteiger partial charge in [-0.05, 0) is 17.9 Å². The van der Waals surface area contributed by atoms with Gasteiger partial charge in [-0.3, -0.25) is 19.1 Å². The first-order valence-electron chi connectivity index (χ1n) is 10.8. The van der Waals surface area contributed by atoms with Crippen LogP contribution in [-0.2, 0) is 29.7 Å². The van der Waals surface area contributed by atoms with Crippen LogP contribution in [0.15, 0.2) is 39.9 Å². The van der Waals surface area contributed by atoms with Crippen LogP contribution in [0.3, 0.4) is 0 Å². The highest BCUT2D eigenvalue weighted by Gasteiger charge is 2.28. The molecule has 8 nitrogen and oxygen atoms in total. The number of rotatable bonds is 9. The number of aromatic nitrogens is 4. The highest BCUT2D eigenvalue weighted by molar-refractivity contribution is 5.78. The van der Waals surface area contributed by atoms with E-state index in [2.05, 4.69) is 9.97 Å². The van der Waals surface area contributed by atoms with Gasteiger partial charge in [-0.2, -0.15) is 0 Å². The second kappa shape index (κ2) is 9.76. The number of hydrogen-bond donors (Lipinski definition) is 1. The summed E-state index contributed by atoms with van der Waals surface area (Å²) in [5, 5.41) is 0. The van der Waals surface area contributed by atoms with Crippen LogP contribution in [0, 0.1) is 5.92 Å². The summed E-state index contributed by atoms with van der Waals surface area (Å²) in [6, 6.07) is 9.59. The molecule has 0 spiro atoms. The first kappa shape index (κ1) is 22.5. The minimum absolute atomic E-state index is 0.0782. The zero-order valence-electron chi connectivity index (χ0n) is 18.6. The first-order valence-corrected chi connectivity index (χ1v) is 10.8. The van der Waals surface area contributed by atoms with E-state index in [0.717, 1.165) is 24.8 Å². The van der Waals surface area contributed by atoms with Gasteiger partial charge < -0.3 is 9.30 Å². The molecule has 0 saturated carbocycles. The van der Waals surface area contributed by atoms with Crippen molar-refractivity contribution in [1.82, 2.24) is 19.1 Å². The second-order valence-corrected chi connectivity index (χ2v) is 7.91. The molecule has 2 aromatic heterocycles. The van der Waals surface area contributed by atoms with Gasteiger partial charge >= 0.3 is 11.7 Å². The molecule has 2 heterocycles. The number of fused-ring (bicyclic) bond motifs is 1. The lowest BCUT2D eigenvalue weighted by atomic mass is 9.86. The Morgan fingerprint density at radius 3 is 2.55 bits per heavy atom. The average molecular weight is 427 g/mol. The van der Waals surface area contributed by atoms with Gasteiger partial charge in [-0.15, -0.1) is 0 Å². The number of carbonyl (C=O) groups is 1. The number of unbranched alkanes of at least 4 members (excludes halogenated alkanes) is 1. The monoisotopic (exact) mass is 426 g/mol. The van der Waals surface area contributed by atoms with Crippen molar-refractivity contribution in [2.75, 3.05) is 0 Å². The van der Waals surface area contributed by atoms with E-state index < -0.39 is 11.2 Å². The third-order valence-corrected chi connectivity index (χ3v) is 5.81. The van der Waals surface area contributed by atoms with E-state index >= 15 is 0 Å². The summed E-state index contributed by atoms with van der Waals surface area (Å²) >= 11 is 0. The Bertz CT molecular complexity index is 1160. The molecule has 0 bridgehead atoms. The fraction of sp³-hybridized carbons (Fsp3) is 0.478. The number of ether oxygens (including phenoxy) is 1. The second-order valence-electron chi connectivity index (χ2n) is 7.91. The molecule has 0 fully saturated rings. The fourth-order valence-corrected chi connectivity index (χ4v) is 3.76. The summed E-state index contributed by atoms with van der Waals surface area (Å²) in [5.41, 5.74) is 0.549. The summed E-state index contributed by atoms with van der Waals surface area (Å²) in [6.07, 6.45) is 2.52. The molecular weight excluding hydrogens is 396 g/mol. The van der Waals surface area contributed by atoms with Crippen molar-refractivity contribution < 1.29 is 9.53 Å². The number of H-pyrrole nitrogens is 1. The highest BCUT2D eigenvalue weighted by Crippen LogP contribution is 2.28. The number of aromatic amines is 1. The predicted molar refractivity (Wildman–Crippen MR) is 119 cm³/mol. The zero-order valence-corrected chi connectivity index (χ0v) is 18.6. The normalized spacial score (nSPS) is 13.3. The molecule has 31 heavy (non-hydrogen) atoms. The smallest absolute Gasteiger partial charge is 0.330 e. The quantitative estimate of drug-likeness (QED) is 0.530. The first-order chi connectivity index (χ1) is 14.9. The standard InChI is InChI=1S/C23H30N4O4/c1-5-7-13-27-20-19(21(28)25-23(27)30)26(4)17(24-20)14-31-22(29)18(15(3)6-2)16-11-9-8-10-12-16/h8-12,15,18H,5-7,13-14H2,1-4H3,(H,25,28,30)/t15-,18-/m1/s1. The van der Waals surface area contributed by atoms with Gasteiger partial charge in [0.2, 0.25) is 0 Å². The van der Waals surface area contributed by atoms with Crippen molar-refractivity contribution in [3.05, 3.63) is 62.6 Å². The van der Waals surface area contributed by atoms with E-state index in [1.807, 2.05) is 51.1 Å². The molecule has 2 atom stereocenters. The molecular formula is C23H30N4O4. The molecule has 0 aliphatic carbocycles. The van der Waals surface area contributed by atoms with Crippen LogP contribution < -0.4 is 11.2 Å². The maximum Gasteiger partial charge on any atom is 0.330 e. The van der Waals surface area contributed by atoms with Crippen molar-refractivity contribution >= 4 is 17.1 Å². The lowest BCUT2D eigenvalue weighted by molar-refractivity contribution is -0.148. The average Bonchev–Trinajstić information content (AvgIpc) is 3.09. The number of nitrogens with zero attached hydrogens (tertiary/aromatic N) is 3. The number of hydrogen-bond acceptors (Lipinski definition) is 5. The van der Waals surface area contributed by atoms with E-state index in [9.17, 15) is 14.4 Å². The van der Waals surface area contributed by atoms with Gasteiger partial charge in [-0.25, -0.2) is 9.78 Å². The number of esters is 1. The Labute approximate surface area is 180 Å². The molecule has 8 heteroatoms. The largest absolute Gasteiger partial charge is 0.457 e. The van der Waals surface area contributed by atoms with Gasteiger partial charge in [0, 0.05) is 13.6 Å². The molecule has 0 unspecified atom stereocenters. The van der Waals surface area contributed by atoms with Gasteiger partial charge in [0.15, 0.2) is 11.2 Å².